The van der Waals surface area contributed by atoms with Crippen molar-refractivity contribution in [2.24, 2.45) is 0 Å². The minimum Gasteiger partial charge on any atom is -0.358 e. The molecule has 2 heterocycles. The summed E-state index contributed by atoms with van der Waals surface area (Å²) < 4.78 is 26.1. The molecule has 0 bridgehead atoms. The van der Waals surface area contributed by atoms with Crippen LogP contribution in [0.3, 0.4) is 0 Å². The quantitative estimate of drug-likeness (QED) is 0.618. The molecule has 0 unspecified atom stereocenters. The molecule has 0 radical (unpaired) electrons. The van der Waals surface area contributed by atoms with E-state index in [4.69, 9.17) is 0 Å². The molecule has 8 nitrogen and oxygen atoms in total. The van der Waals surface area contributed by atoms with Gasteiger partial charge in [-0.3, -0.25) is 0 Å². The summed E-state index contributed by atoms with van der Waals surface area (Å²) in [5, 5.41) is 13.6. The Morgan fingerprint density at radius 3 is 2.79 bits per heavy atom. The van der Waals surface area contributed by atoms with E-state index in [0.29, 0.717) is 19.6 Å². The van der Waals surface area contributed by atoms with Crippen LogP contribution in [0.4, 0.5) is 5.82 Å². The van der Waals surface area contributed by atoms with Crippen LogP contribution in [0.25, 0.3) is 0 Å². The van der Waals surface area contributed by atoms with E-state index in [1.54, 1.807) is 0 Å². The van der Waals surface area contributed by atoms with Gasteiger partial charge in [0.05, 0.1) is 0 Å². The Morgan fingerprint density at radius 1 is 1.53 bits per heavy atom. The van der Waals surface area contributed by atoms with Crippen LogP contribution in [0, 0.1) is 10.1 Å². The molecule has 0 spiro atoms. The van der Waals surface area contributed by atoms with Crippen LogP contribution in [0.2, 0.25) is 0 Å². The van der Waals surface area contributed by atoms with E-state index in [9.17, 15) is 18.5 Å². The predicted octanol–water partition coefficient (Wildman–Crippen LogP) is -0.0278. The second-order valence-electron chi connectivity index (χ2n) is 4.28. The van der Waals surface area contributed by atoms with Crippen LogP contribution in [0.5, 0.6) is 0 Å². The average Bonchev–Trinajstić information content (AvgIpc) is 2.39. The number of piperazine rings is 1. The van der Waals surface area contributed by atoms with Crippen molar-refractivity contribution in [3.05, 3.63) is 28.4 Å². The van der Waals surface area contributed by atoms with Crippen molar-refractivity contribution >= 4 is 15.8 Å². The van der Waals surface area contributed by atoms with Crippen molar-refractivity contribution in [2.75, 3.05) is 19.6 Å². The first-order valence-corrected chi connectivity index (χ1v) is 7.20. The summed E-state index contributed by atoms with van der Waals surface area (Å²) in [6.45, 7) is 3.35. The number of hydrogen-bond donors (Lipinski definition) is 1. The molecule has 0 aromatic carbocycles. The maximum atomic E-state index is 12.4. The van der Waals surface area contributed by atoms with E-state index in [0.717, 1.165) is 12.3 Å². The Bertz CT molecular complexity index is 572. The first-order valence-electron chi connectivity index (χ1n) is 5.76. The lowest BCUT2D eigenvalue weighted by Crippen LogP contribution is -2.52. The molecule has 1 aromatic heterocycles. The average molecular weight is 286 g/mol. The number of nitrogens with zero attached hydrogens (tertiary/aromatic N) is 3. The zero-order valence-electron chi connectivity index (χ0n) is 10.3. The van der Waals surface area contributed by atoms with E-state index < -0.39 is 14.9 Å². The molecule has 1 aromatic rings. The van der Waals surface area contributed by atoms with Gasteiger partial charge in [-0.05, 0) is 22.9 Å². The summed E-state index contributed by atoms with van der Waals surface area (Å²) in [4.78, 5) is 13.4. The monoisotopic (exact) mass is 286 g/mol. The van der Waals surface area contributed by atoms with Gasteiger partial charge in [-0.25, -0.2) is 8.42 Å². The SMILES string of the molecule is C[C@H]1CNCCN1S(=O)(=O)c1ccc([N+](=O)[O-])nc1. The van der Waals surface area contributed by atoms with Gasteiger partial charge in [0, 0.05) is 31.7 Å². The molecule has 2 rings (SSSR count). The first kappa shape index (κ1) is 13.8. The van der Waals surface area contributed by atoms with Crippen molar-refractivity contribution < 1.29 is 13.3 Å². The van der Waals surface area contributed by atoms with E-state index in [1.807, 2.05) is 6.92 Å². The second kappa shape index (κ2) is 5.19. The lowest BCUT2D eigenvalue weighted by Gasteiger charge is -2.32. The zero-order valence-corrected chi connectivity index (χ0v) is 11.1. The van der Waals surface area contributed by atoms with Crippen LogP contribution in [0.15, 0.2) is 23.2 Å². The fourth-order valence-corrected chi connectivity index (χ4v) is 3.52. The third-order valence-electron chi connectivity index (χ3n) is 2.95. The molecule has 1 N–H and O–H groups in total. The normalized spacial score (nSPS) is 21.2. The highest BCUT2D eigenvalue weighted by Gasteiger charge is 2.32. The summed E-state index contributed by atoms with van der Waals surface area (Å²) in [7, 11) is -3.65. The molecule has 19 heavy (non-hydrogen) atoms. The fourth-order valence-electron chi connectivity index (χ4n) is 1.95. The minimum atomic E-state index is -3.65. The third-order valence-corrected chi connectivity index (χ3v) is 4.95. The van der Waals surface area contributed by atoms with Crippen LogP contribution < -0.4 is 5.32 Å². The molecular weight excluding hydrogens is 272 g/mol. The predicted molar refractivity (Wildman–Crippen MR) is 67.1 cm³/mol. The van der Waals surface area contributed by atoms with Gasteiger partial charge in [-0.15, -0.1) is 0 Å². The van der Waals surface area contributed by atoms with Gasteiger partial charge in [0.1, 0.15) is 4.90 Å². The molecule has 0 amide bonds. The van der Waals surface area contributed by atoms with Gasteiger partial charge < -0.3 is 15.4 Å². The molecule has 1 fully saturated rings. The smallest absolute Gasteiger partial charge is 0.358 e. The summed E-state index contributed by atoms with van der Waals surface area (Å²) in [6, 6.07) is 2.16. The highest BCUT2D eigenvalue weighted by Crippen LogP contribution is 2.20. The Kier molecular flexibility index (Phi) is 3.78. The van der Waals surface area contributed by atoms with Gasteiger partial charge in [-0.2, -0.15) is 4.31 Å². The van der Waals surface area contributed by atoms with E-state index in [1.165, 1.54) is 10.4 Å². The van der Waals surface area contributed by atoms with Crippen molar-refractivity contribution in [3.8, 4) is 0 Å². The molecular formula is C10H14N4O4S. The number of hydrogen-bond acceptors (Lipinski definition) is 6. The standard InChI is InChI=1S/C10H14N4O4S/c1-8-6-11-4-5-13(8)19(17,18)9-2-3-10(12-7-9)14(15)16/h2-3,7-8,11H,4-6H2,1H3/t8-/m0/s1. The molecule has 0 aliphatic carbocycles. The Morgan fingerprint density at radius 2 is 2.26 bits per heavy atom. The van der Waals surface area contributed by atoms with Crippen molar-refractivity contribution in [1.82, 2.24) is 14.6 Å². The minimum absolute atomic E-state index is 0.0214. The van der Waals surface area contributed by atoms with Gasteiger partial charge >= 0.3 is 5.82 Å². The molecule has 1 aliphatic heterocycles. The lowest BCUT2D eigenvalue weighted by molar-refractivity contribution is -0.389. The van der Waals surface area contributed by atoms with Crippen molar-refractivity contribution in [3.63, 3.8) is 0 Å². The van der Waals surface area contributed by atoms with E-state index in [2.05, 4.69) is 10.3 Å². The topological polar surface area (TPSA) is 105 Å². The van der Waals surface area contributed by atoms with Gasteiger partial charge in [0.2, 0.25) is 10.0 Å². The Labute approximate surface area is 110 Å². The number of rotatable bonds is 3. The molecule has 1 atom stereocenters. The summed E-state index contributed by atoms with van der Waals surface area (Å²) >= 11 is 0. The van der Waals surface area contributed by atoms with Crippen LogP contribution in [-0.4, -0.2) is 48.3 Å². The number of nitrogens with one attached hydrogen (secondary N) is 1. The second-order valence-corrected chi connectivity index (χ2v) is 6.17. The third kappa shape index (κ3) is 2.72. The van der Waals surface area contributed by atoms with Gasteiger partial charge in [-0.1, -0.05) is 0 Å². The number of pyridine rings is 1. The van der Waals surface area contributed by atoms with E-state index in [-0.39, 0.29) is 16.8 Å². The highest BCUT2D eigenvalue weighted by atomic mass is 32.2. The van der Waals surface area contributed by atoms with Crippen molar-refractivity contribution in [1.29, 1.82) is 0 Å². The molecule has 0 saturated carbocycles. The maximum absolute atomic E-state index is 12.4. The maximum Gasteiger partial charge on any atom is 0.363 e. The number of nitro groups is 1. The van der Waals surface area contributed by atoms with Crippen LogP contribution >= 0.6 is 0 Å². The molecule has 9 heteroatoms. The molecule has 1 saturated heterocycles. The van der Waals surface area contributed by atoms with Crippen LogP contribution in [0.1, 0.15) is 6.92 Å². The van der Waals surface area contributed by atoms with Gasteiger partial charge in [0.15, 0.2) is 6.20 Å². The summed E-state index contributed by atoms with van der Waals surface area (Å²) in [5.74, 6) is -0.368. The first-order chi connectivity index (χ1) is 8.93. The van der Waals surface area contributed by atoms with E-state index >= 15 is 0 Å². The summed E-state index contributed by atoms with van der Waals surface area (Å²) in [6.07, 6.45) is 1.03. The fraction of sp³-hybridized carbons (Fsp3) is 0.500. The van der Waals surface area contributed by atoms with Gasteiger partial charge in [0.25, 0.3) is 0 Å². The Balaban J connectivity index is 2.30. The zero-order chi connectivity index (χ0) is 14.0. The largest absolute Gasteiger partial charge is 0.363 e. The van der Waals surface area contributed by atoms with Crippen molar-refractivity contribution in [2.45, 2.75) is 17.9 Å². The molecule has 104 valence electrons. The Hall–Kier alpha value is -1.58. The highest BCUT2D eigenvalue weighted by molar-refractivity contribution is 7.89. The molecule has 1 aliphatic rings. The lowest BCUT2D eigenvalue weighted by atomic mass is 10.3. The number of sulfonamides is 1. The van der Waals surface area contributed by atoms with Crippen LogP contribution in [-0.2, 0) is 10.0 Å². The number of aromatic nitrogens is 1. The summed E-state index contributed by atoms with van der Waals surface area (Å²) in [5.41, 5.74) is 0.